The second-order valence-corrected chi connectivity index (χ2v) is 7.61. The first-order valence-corrected chi connectivity index (χ1v) is 10.3. The van der Waals surface area contributed by atoms with Crippen molar-refractivity contribution in [2.24, 2.45) is 5.92 Å². The Morgan fingerprint density at radius 3 is 2.44 bits per heavy atom. The predicted molar refractivity (Wildman–Crippen MR) is 108 cm³/mol. The molecule has 3 rings (SSSR count). The summed E-state index contributed by atoms with van der Waals surface area (Å²) >= 11 is 0. The lowest BCUT2D eigenvalue weighted by Gasteiger charge is -2.23. The third-order valence-corrected chi connectivity index (χ3v) is 5.79. The Balaban J connectivity index is 1.73. The minimum absolute atomic E-state index is 0.605. The van der Waals surface area contributed by atoms with Gasteiger partial charge in [-0.25, -0.2) is 0 Å². The van der Waals surface area contributed by atoms with Gasteiger partial charge in [0.1, 0.15) is 0 Å². The van der Waals surface area contributed by atoms with Gasteiger partial charge in [0, 0.05) is 11.9 Å². The summed E-state index contributed by atoms with van der Waals surface area (Å²) in [6.07, 6.45) is 21.1. The summed E-state index contributed by atoms with van der Waals surface area (Å²) in [4.78, 5) is 0. The van der Waals surface area contributed by atoms with E-state index < -0.39 is 0 Å². The highest BCUT2D eigenvalue weighted by Gasteiger charge is 2.18. The topological polar surface area (TPSA) is 12.0 Å². The molecule has 1 aromatic carbocycles. The van der Waals surface area contributed by atoms with E-state index in [1.165, 1.54) is 68.2 Å². The zero-order valence-corrected chi connectivity index (χ0v) is 15.7. The Kier molecular flexibility index (Phi) is 6.97. The molecule has 2 aliphatic rings. The van der Waals surface area contributed by atoms with Gasteiger partial charge in [0.2, 0.25) is 0 Å². The number of hydrogen-bond donors (Lipinski definition) is 1. The van der Waals surface area contributed by atoms with Crippen LogP contribution in [0.4, 0.5) is 0 Å². The lowest BCUT2D eigenvalue weighted by atomic mass is 9.86. The van der Waals surface area contributed by atoms with Gasteiger partial charge in [-0.15, -0.1) is 0 Å². The van der Waals surface area contributed by atoms with Gasteiger partial charge >= 0.3 is 0 Å². The first-order valence-electron chi connectivity index (χ1n) is 10.3. The molecular formula is C24H33N. The summed E-state index contributed by atoms with van der Waals surface area (Å²) in [5.74, 6) is 1.32. The quantitative estimate of drug-likeness (QED) is 0.620. The zero-order chi connectivity index (χ0) is 17.3. The number of allylic oxidation sites excluding steroid dienone is 5. The SMILES string of the molecule is CCC(CC1=CC=CNC(C2CCCCCCC2)=C1)c1ccccc1. The molecule has 1 heterocycles. The average Bonchev–Trinajstić information content (AvgIpc) is 2.86. The Hall–Kier alpha value is -1.76. The fourth-order valence-corrected chi connectivity index (χ4v) is 4.24. The van der Waals surface area contributed by atoms with Crippen molar-refractivity contribution < 1.29 is 0 Å². The maximum atomic E-state index is 3.59. The standard InChI is InChI=1S/C24H33N/c1-2-21(22-13-9-6-10-14-22)18-20-12-11-17-25-24(19-20)23-15-7-4-3-5-8-16-23/h6,9-14,17,19,21,23,25H,2-5,7-8,15-16,18H2,1H3. The number of nitrogens with one attached hydrogen (secondary N) is 1. The second kappa shape index (κ2) is 9.65. The number of rotatable bonds is 5. The van der Waals surface area contributed by atoms with Gasteiger partial charge in [-0.3, -0.25) is 0 Å². The van der Waals surface area contributed by atoms with Gasteiger partial charge < -0.3 is 5.32 Å². The van der Waals surface area contributed by atoms with Crippen LogP contribution in [0.25, 0.3) is 0 Å². The van der Waals surface area contributed by atoms with Gasteiger partial charge in [0.25, 0.3) is 0 Å². The fraction of sp³-hybridized carbons (Fsp3) is 0.500. The van der Waals surface area contributed by atoms with Crippen LogP contribution >= 0.6 is 0 Å². The van der Waals surface area contributed by atoms with Crippen LogP contribution < -0.4 is 5.32 Å². The molecule has 0 radical (unpaired) electrons. The highest BCUT2D eigenvalue weighted by atomic mass is 14.9. The smallest absolute Gasteiger partial charge is 0.0180 e. The van der Waals surface area contributed by atoms with Crippen molar-refractivity contribution >= 4 is 0 Å². The first-order chi connectivity index (χ1) is 12.4. The Morgan fingerprint density at radius 1 is 1.00 bits per heavy atom. The minimum Gasteiger partial charge on any atom is -0.365 e. The van der Waals surface area contributed by atoms with E-state index in [4.69, 9.17) is 0 Å². The Morgan fingerprint density at radius 2 is 1.72 bits per heavy atom. The summed E-state index contributed by atoms with van der Waals surface area (Å²) in [6.45, 7) is 2.31. The molecule has 0 saturated heterocycles. The molecule has 134 valence electrons. The Bertz CT molecular complexity index is 600. The molecule has 1 aliphatic carbocycles. The van der Waals surface area contributed by atoms with Crippen LogP contribution in [0.15, 0.2) is 66.0 Å². The summed E-state index contributed by atoms with van der Waals surface area (Å²) in [5, 5.41) is 3.59. The van der Waals surface area contributed by atoms with Crippen molar-refractivity contribution in [1.29, 1.82) is 0 Å². The maximum Gasteiger partial charge on any atom is 0.0180 e. The fourth-order valence-electron chi connectivity index (χ4n) is 4.24. The van der Waals surface area contributed by atoms with E-state index in [2.05, 4.69) is 67.0 Å². The highest BCUT2D eigenvalue weighted by Crippen LogP contribution is 2.32. The van der Waals surface area contributed by atoms with E-state index in [0.29, 0.717) is 11.8 Å². The predicted octanol–water partition coefficient (Wildman–Crippen LogP) is 6.86. The number of benzene rings is 1. The number of hydrogen-bond acceptors (Lipinski definition) is 1. The summed E-state index contributed by atoms with van der Waals surface area (Å²) < 4.78 is 0. The molecule has 0 spiro atoms. The molecule has 1 aromatic rings. The zero-order valence-electron chi connectivity index (χ0n) is 15.7. The molecule has 25 heavy (non-hydrogen) atoms. The van der Waals surface area contributed by atoms with Gasteiger partial charge in [-0.1, -0.05) is 75.4 Å². The summed E-state index contributed by atoms with van der Waals surface area (Å²) in [5.41, 5.74) is 4.38. The lowest BCUT2D eigenvalue weighted by molar-refractivity contribution is 0.410. The average molecular weight is 336 g/mol. The highest BCUT2D eigenvalue weighted by molar-refractivity contribution is 5.34. The molecule has 1 aliphatic heterocycles. The van der Waals surface area contributed by atoms with Crippen molar-refractivity contribution in [3.05, 3.63) is 71.6 Å². The summed E-state index contributed by atoms with van der Waals surface area (Å²) in [6, 6.07) is 11.0. The van der Waals surface area contributed by atoms with Gasteiger partial charge in [-0.05, 0) is 60.8 Å². The van der Waals surface area contributed by atoms with Crippen molar-refractivity contribution in [3.63, 3.8) is 0 Å². The molecule has 1 saturated carbocycles. The molecule has 1 nitrogen and oxygen atoms in total. The molecule has 0 bridgehead atoms. The lowest BCUT2D eigenvalue weighted by Crippen LogP contribution is -2.17. The van der Waals surface area contributed by atoms with Crippen LogP contribution in [0, 0.1) is 5.92 Å². The van der Waals surface area contributed by atoms with Crippen LogP contribution in [-0.2, 0) is 0 Å². The third kappa shape index (κ3) is 5.36. The molecule has 1 fully saturated rings. The molecule has 1 N–H and O–H groups in total. The van der Waals surface area contributed by atoms with Crippen molar-refractivity contribution in [3.8, 4) is 0 Å². The maximum absolute atomic E-state index is 3.59. The van der Waals surface area contributed by atoms with Crippen molar-refractivity contribution in [1.82, 2.24) is 5.32 Å². The van der Waals surface area contributed by atoms with E-state index in [0.717, 1.165) is 6.42 Å². The molecule has 1 atom stereocenters. The van der Waals surface area contributed by atoms with E-state index in [9.17, 15) is 0 Å². The van der Waals surface area contributed by atoms with E-state index in [1.807, 2.05) is 0 Å². The largest absolute Gasteiger partial charge is 0.365 e. The van der Waals surface area contributed by atoms with Gasteiger partial charge in [-0.2, -0.15) is 0 Å². The first kappa shape index (κ1) is 18.0. The van der Waals surface area contributed by atoms with E-state index in [-0.39, 0.29) is 0 Å². The monoisotopic (exact) mass is 335 g/mol. The van der Waals surface area contributed by atoms with Crippen molar-refractivity contribution in [2.45, 2.75) is 70.6 Å². The van der Waals surface area contributed by atoms with Crippen LogP contribution in [0.1, 0.15) is 76.2 Å². The molecule has 1 heteroatoms. The Labute approximate surface area is 153 Å². The molecular weight excluding hydrogens is 302 g/mol. The molecule has 0 amide bonds. The van der Waals surface area contributed by atoms with E-state index >= 15 is 0 Å². The van der Waals surface area contributed by atoms with Gasteiger partial charge in [0.15, 0.2) is 0 Å². The van der Waals surface area contributed by atoms with Crippen molar-refractivity contribution in [2.75, 3.05) is 0 Å². The van der Waals surface area contributed by atoms with Crippen LogP contribution in [0.2, 0.25) is 0 Å². The molecule has 1 unspecified atom stereocenters. The third-order valence-electron chi connectivity index (χ3n) is 5.79. The van der Waals surface area contributed by atoms with Gasteiger partial charge in [0.05, 0.1) is 0 Å². The second-order valence-electron chi connectivity index (χ2n) is 7.61. The summed E-state index contributed by atoms with van der Waals surface area (Å²) in [7, 11) is 0. The van der Waals surface area contributed by atoms with Crippen LogP contribution in [-0.4, -0.2) is 0 Å². The molecule has 0 aromatic heterocycles. The van der Waals surface area contributed by atoms with Crippen LogP contribution in [0.5, 0.6) is 0 Å². The minimum atomic E-state index is 0.605. The van der Waals surface area contributed by atoms with E-state index in [1.54, 1.807) is 0 Å². The normalized spacial score (nSPS) is 20.5. The van der Waals surface area contributed by atoms with Crippen LogP contribution in [0.3, 0.4) is 0 Å².